The monoisotopic (exact) mass is 474 g/mol. The van der Waals surface area contributed by atoms with Gasteiger partial charge in [-0.2, -0.15) is 27.8 Å². The summed E-state index contributed by atoms with van der Waals surface area (Å²) in [7, 11) is -2.46. The Balaban J connectivity index is 1.54. The first kappa shape index (κ1) is 22.3. The minimum Gasteiger partial charge on any atom is -0.487 e. The van der Waals surface area contributed by atoms with Gasteiger partial charge in [0.1, 0.15) is 12.0 Å². The van der Waals surface area contributed by atoms with E-state index in [0.29, 0.717) is 37.2 Å². The van der Waals surface area contributed by atoms with Gasteiger partial charge in [-0.1, -0.05) is 0 Å². The van der Waals surface area contributed by atoms with E-state index in [-0.39, 0.29) is 29.3 Å². The second-order valence-corrected chi connectivity index (χ2v) is 8.29. The van der Waals surface area contributed by atoms with E-state index in [0.717, 1.165) is 0 Å². The first-order chi connectivity index (χ1) is 15.3. The maximum absolute atomic E-state index is 12.6. The van der Waals surface area contributed by atoms with Crippen molar-refractivity contribution in [2.24, 2.45) is 0 Å². The number of hydrogen-bond donors (Lipinski definition) is 3. The van der Waals surface area contributed by atoms with Gasteiger partial charge in [0.05, 0.1) is 25.1 Å². The Labute approximate surface area is 181 Å². The minimum absolute atomic E-state index is 0.0316. The number of anilines is 1. The highest BCUT2D eigenvalue weighted by Crippen LogP contribution is 2.32. The number of aromatic amines is 1. The Bertz CT molecular complexity index is 1120. The fourth-order valence-corrected chi connectivity index (χ4v) is 4.06. The smallest absolute Gasteiger partial charge is 0.392 e. The van der Waals surface area contributed by atoms with Crippen LogP contribution in [0.4, 0.5) is 19.1 Å². The molecule has 0 aliphatic carbocycles. The lowest BCUT2D eigenvalue weighted by Gasteiger charge is -2.30. The number of piperidine rings is 1. The summed E-state index contributed by atoms with van der Waals surface area (Å²) in [5, 5.41) is 14.0. The summed E-state index contributed by atoms with van der Waals surface area (Å²) < 4.78 is 66.4. The SMILES string of the molecule is O=[SH](=O)CN1CCC(Nc2nc3c(OCCC(F)(F)F)c(-c4cn[nH]c4)ncn3n2)CC1. The maximum Gasteiger partial charge on any atom is 0.392 e. The molecule has 0 bridgehead atoms. The summed E-state index contributed by atoms with van der Waals surface area (Å²) >= 11 is 0. The number of thiol groups is 1. The lowest BCUT2D eigenvalue weighted by Crippen LogP contribution is -2.40. The summed E-state index contributed by atoms with van der Waals surface area (Å²) in [5.41, 5.74) is 1.06. The van der Waals surface area contributed by atoms with E-state index in [1.165, 1.54) is 17.0 Å². The van der Waals surface area contributed by atoms with Crippen LogP contribution in [-0.4, -0.2) is 80.9 Å². The van der Waals surface area contributed by atoms with E-state index >= 15 is 0 Å². The molecule has 0 aromatic carbocycles. The van der Waals surface area contributed by atoms with Crippen LogP contribution < -0.4 is 10.1 Å². The van der Waals surface area contributed by atoms with Crippen LogP contribution in [0, 0.1) is 0 Å². The molecule has 0 saturated carbocycles. The fraction of sp³-hybridized carbons (Fsp3) is 0.529. The average Bonchev–Trinajstić information content (AvgIpc) is 3.38. The lowest BCUT2D eigenvalue weighted by atomic mass is 10.1. The van der Waals surface area contributed by atoms with E-state index in [4.69, 9.17) is 4.74 Å². The van der Waals surface area contributed by atoms with Gasteiger partial charge in [0, 0.05) is 30.9 Å². The van der Waals surface area contributed by atoms with E-state index in [1.807, 2.05) is 4.90 Å². The third-order valence-corrected chi connectivity index (χ3v) is 5.62. The van der Waals surface area contributed by atoms with Crippen molar-refractivity contribution in [1.29, 1.82) is 0 Å². The largest absolute Gasteiger partial charge is 0.487 e. The van der Waals surface area contributed by atoms with Gasteiger partial charge in [-0.05, 0) is 12.8 Å². The van der Waals surface area contributed by atoms with Crippen LogP contribution in [0.2, 0.25) is 0 Å². The molecule has 1 aliphatic heterocycles. The number of nitrogens with zero attached hydrogens (tertiary/aromatic N) is 6. The number of H-pyrrole nitrogens is 1. The predicted octanol–water partition coefficient (Wildman–Crippen LogP) is 1.29. The van der Waals surface area contributed by atoms with Gasteiger partial charge in [0.15, 0.2) is 16.5 Å². The quantitative estimate of drug-likeness (QED) is 0.414. The molecular formula is C17H21F3N8O3S. The van der Waals surface area contributed by atoms with Crippen molar-refractivity contribution in [3.05, 3.63) is 18.7 Å². The number of aromatic nitrogens is 6. The molecule has 0 unspecified atom stereocenters. The summed E-state index contributed by atoms with van der Waals surface area (Å²) in [5.74, 6) is 0.397. The highest BCUT2D eigenvalue weighted by Gasteiger charge is 2.28. The molecule has 4 heterocycles. The molecule has 1 fully saturated rings. The van der Waals surface area contributed by atoms with Crippen molar-refractivity contribution < 1.29 is 26.3 Å². The Morgan fingerprint density at radius 2 is 2.06 bits per heavy atom. The molecule has 4 rings (SSSR count). The van der Waals surface area contributed by atoms with Crippen LogP contribution in [0.3, 0.4) is 0 Å². The standard InChI is InChI=1S/C17H21F3N8O3S/c18-17(19,20)3-6-31-14-13(11-7-22-23-8-11)21-9-28-15(14)25-16(26-28)24-12-1-4-27(5-2-12)10-32(29)30/h7-9,12,32H,1-6,10H2,(H,22,23)(H,24,26). The van der Waals surface area contributed by atoms with Gasteiger partial charge < -0.3 is 10.1 Å². The number of fused-ring (bicyclic) bond motifs is 1. The third-order valence-electron chi connectivity index (χ3n) is 4.99. The summed E-state index contributed by atoms with van der Waals surface area (Å²) in [6.07, 6.45) is 0.357. The van der Waals surface area contributed by atoms with Crippen LogP contribution in [0.15, 0.2) is 18.7 Å². The molecule has 1 saturated heterocycles. The van der Waals surface area contributed by atoms with Gasteiger partial charge in [0.2, 0.25) is 11.6 Å². The lowest BCUT2D eigenvalue weighted by molar-refractivity contribution is -0.139. The van der Waals surface area contributed by atoms with Crippen molar-refractivity contribution in [2.75, 3.05) is 30.9 Å². The highest BCUT2D eigenvalue weighted by atomic mass is 32.2. The zero-order chi connectivity index (χ0) is 22.7. The van der Waals surface area contributed by atoms with Gasteiger partial charge in [-0.15, -0.1) is 5.10 Å². The molecule has 15 heteroatoms. The molecule has 3 aromatic rings. The normalized spacial score (nSPS) is 16.1. The Kier molecular flexibility index (Phi) is 6.45. The molecule has 0 amide bonds. The van der Waals surface area contributed by atoms with Crippen molar-refractivity contribution in [1.82, 2.24) is 34.7 Å². The molecule has 11 nitrogen and oxygen atoms in total. The van der Waals surface area contributed by atoms with Crippen LogP contribution in [0.1, 0.15) is 19.3 Å². The van der Waals surface area contributed by atoms with E-state index < -0.39 is 29.9 Å². The first-order valence-electron chi connectivity index (χ1n) is 9.83. The van der Waals surface area contributed by atoms with E-state index in [2.05, 4.69) is 30.6 Å². The van der Waals surface area contributed by atoms with Gasteiger partial charge >= 0.3 is 6.18 Å². The highest BCUT2D eigenvalue weighted by molar-refractivity contribution is 7.72. The third kappa shape index (κ3) is 5.45. The van der Waals surface area contributed by atoms with Gasteiger partial charge in [-0.25, -0.2) is 13.4 Å². The van der Waals surface area contributed by atoms with Gasteiger partial charge in [-0.3, -0.25) is 10.00 Å². The van der Waals surface area contributed by atoms with Crippen molar-refractivity contribution in [3.63, 3.8) is 0 Å². The Morgan fingerprint density at radius 3 is 2.72 bits per heavy atom. The number of hydrogen-bond acceptors (Lipinski definition) is 9. The summed E-state index contributed by atoms with van der Waals surface area (Å²) in [4.78, 5) is 10.5. The zero-order valence-corrected chi connectivity index (χ0v) is 17.6. The maximum atomic E-state index is 12.6. The number of alkyl halides is 3. The second kappa shape index (κ2) is 9.28. The molecular weight excluding hydrogens is 453 g/mol. The molecule has 0 spiro atoms. The number of likely N-dealkylation sites (tertiary alicyclic amines) is 1. The van der Waals surface area contributed by atoms with Crippen LogP contribution in [0.5, 0.6) is 5.75 Å². The van der Waals surface area contributed by atoms with E-state index in [1.54, 1.807) is 6.20 Å². The van der Waals surface area contributed by atoms with Crippen LogP contribution in [0.25, 0.3) is 16.9 Å². The zero-order valence-electron chi connectivity index (χ0n) is 16.7. The molecule has 1 aliphatic rings. The number of halogens is 3. The number of nitrogens with one attached hydrogen (secondary N) is 2. The molecule has 0 atom stereocenters. The molecule has 174 valence electrons. The van der Waals surface area contributed by atoms with Gasteiger partial charge in [0.25, 0.3) is 0 Å². The second-order valence-electron chi connectivity index (χ2n) is 7.34. The summed E-state index contributed by atoms with van der Waals surface area (Å²) in [6, 6.07) is 0.0316. The van der Waals surface area contributed by atoms with Crippen molar-refractivity contribution in [2.45, 2.75) is 31.5 Å². The van der Waals surface area contributed by atoms with Crippen molar-refractivity contribution in [3.8, 4) is 17.0 Å². The number of rotatable bonds is 8. The molecule has 3 aromatic heterocycles. The van der Waals surface area contributed by atoms with E-state index in [9.17, 15) is 21.6 Å². The molecule has 0 radical (unpaired) electrons. The minimum atomic E-state index is -4.36. The van der Waals surface area contributed by atoms with Crippen molar-refractivity contribution >= 4 is 22.3 Å². The Hall–Kier alpha value is -2.94. The number of ether oxygens (including phenoxy) is 1. The fourth-order valence-electron chi connectivity index (χ4n) is 3.45. The topological polar surface area (TPSA) is 130 Å². The summed E-state index contributed by atoms with van der Waals surface area (Å²) in [6.45, 7) is 0.643. The Morgan fingerprint density at radius 1 is 1.28 bits per heavy atom. The van der Waals surface area contributed by atoms with Crippen LogP contribution >= 0.6 is 0 Å². The molecule has 32 heavy (non-hydrogen) atoms. The predicted molar refractivity (Wildman–Crippen MR) is 108 cm³/mol. The first-order valence-corrected chi connectivity index (χ1v) is 11.2. The molecule has 2 N–H and O–H groups in total. The average molecular weight is 474 g/mol. The van der Waals surface area contributed by atoms with Crippen LogP contribution in [-0.2, 0) is 10.7 Å².